The number of rotatable bonds is 9. The third kappa shape index (κ3) is 5.99. The minimum Gasteiger partial charge on any atom is -0.416 e. The highest BCUT2D eigenvalue weighted by atomic mass is 28.4. The topological polar surface area (TPSA) is 27.7 Å². The molecule has 1 fully saturated rings. The highest BCUT2D eigenvalue weighted by Gasteiger charge is 2.53. The summed E-state index contributed by atoms with van der Waals surface area (Å²) in [4.78, 5) is 0. The van der Waals surface area contributed by atoms with Gasteiger partial charge in [0.15, 0.2) is 8.32 Å². The summed E-state index contributed by atoms with van der Waals surface area (Å²) in [5.74, 6) is 0.117. The smallest absolute Gasteiger partial charge is 0.416 e. The Morgan fingerprint density at radius 2 is 1.28 bits per heavy atom. The Morgan fingerprint density at radius 3 is 1.67 bits per heavy atom. The molecule has 1 aliphatic rings. The zero-order valence-corrected chi connectivity index (χ0v) is 26.3. The van der Waals surface area contributed by atoms with E-state index in [-0.39, 0.29) is 11.0 Å². The molecule has 0 bridgehead atoms. The molecule has 0 saturated carbocycles. The van der Waals surface area contributed by atoms with E-state index in [1.54, 1.807) is 0 Å². The number of hydrogen-bond acceptors (Lipinski definition) is 3. The van der Waals surface area contributed by atoms with E-state index in [0.29, 0.717) is 6.61 Å². The Morgan fingerprint density at radius 1 is 0.861 bits per heavy atom. The van der Waals surface area contributed by atoms with Gasteiger partial charge in [0.05, 0.1) is 11.2 Å². The lowest BCUT2D eigenvalue weighted by Gasteiger charge is -2.39. The van der Waals surface area contributed by atoms with Crippen molar-refractivity contribution in [2.45, 2.75) is 90.4 Å². The lowest BCUT2D eigenvalue weighted by molar-refractivity contribution is 0.00578. The van der Waals surface area contributed by atoms with Crippen LogP contribution in [0.2, 0.25) is 30.7 Å². The monoisotopic (exact) mass is 522 g/mol. The van der Waals surface area contributed by atoms with E-state index in [2.05, 4.69) is 135 Å². The van der Waals surface area contributed by atoms with Crippen LogP contribution in [0.1, 0.15) is 48.5 Å². The molecule has 1 heterocycles. The molecule has 0 N–H and O–H groups in total. The van der Waals surface area contributed by atoms with Gasteiger partial charge >= 0.3 is 7.12 Å². The molecule has 3 nitrogen and oxygen atoms in total. The van der Waals surface area contributed by atoms with Crippen LogP contribution in [-0.4, -0.2) is 41.3 Å². The SMILES string of the molecule is C=C(B1OC(C)(C)C(C)(C)O1)[C@H](CO[Si](C)(C)C(C)(C)C)C[Si](C)(c1ccccc1)c1ccccc1. The largest absolute Gasteiger partial charge is 0.490 e. The third-order valence-corrected chi connectivity index (χ3v) is 18.0. The van der Waals surface area contributed by atoms with Crippen LogP contribution < -0.4 is 10.4 Å². The van der Waals surface area contributed by atoms with E-state index in [4.69, 9.17) is 13.7 Å². The van der Waals surface area contributed by atoms with E-state index in [1.165, 1.54) is 10.4 Å². The first-order chi connectivity index (χ1) is 16.5. The second-order valence-corrected chi connectivity index (χ2v) is 22.2. The minimum atomic E-state index is -2.13. The second kappa shape index (κ2) is 10.4. The summed E-state index contributed by atoms with van der Waals surface area (Å²) >= 11 is 0. The van der Waals surface area contributed by atoms with Gasteiger partial charge in [0.25, 0.3) is 0 Å². The quantitative estimate of drug-likeness (QED) is 0.343. The Hall–Kier alpha value is -1.44. The molecular weight excluding hydrogens is 475 g/mol. The molecule has 0 amide bonds. The molecule has 0 aromatic heterocycles. The predicted molar refractivity (Wildman–Crippen MR) is 160 cm³/mol. The maximum atomic E-state index is 6.85. The fraction of sp³-hybridized carbons (Fsp3) is 0.533. The summed E-state index contributed by atoms with van der Waals surface area (Å²) < 4.78 is 19.8. The molecule has 0 unspecified atom stereocenters. The second-order valence-electron chi connectivity index (χ2n) is 13.2. The molecule has 0 aliphatic carbocycles. The van der Waals surface area contributed by atoms with Crippen molar-refractivity contribution < 1.29 is 13.7 Å². The molecule has 2 aromatic rings. The first-order valence-electron chi connectivity index (χ1n) is 13.3. The van der Waals surface area contributed by atoms with Crippen molar-refractivity contribution in [1.29, 1.82) is 0 Å². The molecule has 0 radical (unpaired) electrons. The van der Waals surface area contributed by atoms with Gasteiger partial charge in [-0.05, 0) is 63.3 Å². The van der Waals surface area contributed by atoms with Gasteiger partial charge in [0.1, 0.15) is 8.07 Å². The van der Waals surface area contributed by atoms with Gasteiger partial charge in [0.2, 0.25) is 0 Å². The van der Waals surface area contributed by atoms with Gasteiger partial charge in [-0.2, -0.15) is 0 Å². The van der Waals surface area contributed by atoms with Gasteiger partial charge in [-0.15, -0.1) is 6.58 Å². The fourth-order valence-electron chi connectivity index (χ4n) is 4.52. The molecule has 1 atom stereocenters. The summed E-state index contributed by atoms with van der Waals surface area (Å²) in [7, 11) is -4.52. The van der Waals surface area contributed by atoms with Crippen molar-refractivity contribution >= 4 is 33.9 Å². The van der Waals surface area contributed by atoms with Crippen LogP contribution in [0, 0.1) is 5.92 Å². The van der Waals surface area contributed by atoms with Crippen LogP contribution in [-0.2, 0) is 13.7 Å². The lowest BCUT2D eigenvalue weighted by Crippen LogP contribution is -2.57. The molecule has 3 rings (SSSR count). The van der Waals surface area contributed by atoms with Crippen molar-refractivity contribution in [2.75, 3.05) is 6.61 Å². The summed E-state index contributed by atoms with van der Waals surface area (Å²) in [6, 6.07) is 23.0. The van der Waals surface area contributed by atoms with Crippen LogP contribution in [0.25, 0.3) is 0 Å². The standard InChI is InChI=1S/C30H47BO3Si2/c1-24(31-33-29(5,6)30(7,8)34-31)25(22-32-35(9,10)28(2,3)4)23-36(11,26-18-14-12-15-19-26)27-20-16-13-17-21-27/h12-21,25H,1,22-23H2,2-11H3/t25-/m1/s1. The van der Waals surface area contributed by atoms with E-state index >= 15 is 0 Å². The third-order valence-electron chi connectivity index (χ3n) is 9.01. The summed E-state index contributed by atoms with van der Waals surface area (Å²) in [6.07, 6.45) is 0. The summed E-state index contributed by atoms with van der Waals surface area (Å²) in [5, 5.41) is 2.99. The molecule has 196 valence electrons. The molecule has 0 spiro atoms. The normalized spacial score (nSPS) is 18.8. The van der Waals surface area contributed by atoms with Crippen LogP contribution in [0.3, 0.4) is 0 Å². The van der Waals surface area contributed by atoms with Gasteiger partial charge in [-0.1, -0.05) is 98.4 Å². The van der Waals surface area contributed by atoms with Crippen molar-refractivity contribution in [2.24, 2.45) is 5.92 Å². The highest BCUT2D eigenvalue weighted by Crippen LogP contribution is 2.42. The average molecular weight is 523 g/mol. The first-order valence-corrected chi connectivity index (χ1v) is 18.9. The van der Waals surface area contributed by atoms with Crippen molar-refractivity contribution in [3.05, 3.63) is 72.7 Å². The fourth-order valence-corrected chi connectivity index (χ4v) is 9.59. The maximum Gasteiger partial charge on any atom is 0.490 e. The minimum absolute atomic E-state index is 0.117. The zero-order chi connectivity index (χ0) is 27.0. The number of benzene rings is 2. The van der Waals surface area contributed by atoms with Crippen molar-refractivity contribution in [3.63, 3.8) is 0 Å². The van der Waals surface area contributed by atoms with Crippen LogP contribution in [0.4, 0.5) is 0 Å². The molecular formula is C30H47BO3Si2. The van der Waals surface area contributed by atoms with Gasteiger partial charge in [0, 0.05) is 6.61 Å². The van der Waals surface area contributed by atoms with E-state index in [1.807, 2.05) is 0 Å². The van der Waals surface area contributed by atoms with Crippen LogP contribution >= 0.6 is 0 Å². The Bertz CT molecular complexity index is 974. The van der Waals surface area contributed by atoms with Gasteiger partial charge in [-0.3, -0.25) is 0 Å². The van der Waals surface area contributed by atoms with Gasteiger partial charge in [-0.25, -0.2) is 0 Å². The first kappa shape index (κ1) is 29.1. The molecule has 1 saturated heterocycles. The molecule has 36 heavy (non-hydrogen) atoms. The Labute approximate surface area is 222 Å². The Kier molecular flexibility index (Phi) is 8.39. The van der Waals surface area contributed by atoms with Crippen LogP contribution in [0.5, 0.6) is 0 Å². The van der Waals surface area contributed by atoms with E-state index < -0.39 is 34.7 Å². The average Bonchev–Trinajstić information content (AvgIpc) is 3.03. The van der Waals surface area contributed by atoms with E-state index in [9.17, 15) is 0 Å². The lowest BCUT2D eigenvalue weighted by atomic mass is 9.72. The summed E-state index contributed by atoms with van der Waals surface area (Å²) in [5.41, 5.74) is 0.203. The van der Waals surface area contributed by atoms with Crippen LogP contribution in [0.15, 0.2) is 72.7 Å². The van der Waals surface area contributed by atoms with E-state index in [0.717, 1.165) is 11.5 Å². The predicted octanol–water partition coefficient (Wildman–Crippen LogP) is 6.71. The van der Waals surface area contributed by atoms with Gasteiger partial charge < -0.3 is 13.7 Å². The molecule has 1 aliphatic heterocycles. The number of hydrogen-bond donors (Lipinski definition) is 0. The molecule has 2 aromatic carbocycles. The summed E-state index contributed by atoms with van der Waals surface area (Å²) in [6.45, 7) is 27.7. The van der Waals surface area contributed by atoms with Crippen molar-refractivity contribution in [1.82, 2.24) is 0 Å². The Balaban J connectivity index is 2.01. The highest BCUT2D eigenvalue weighted by molar-refractivity contribution is 7.01. The zero-order valence-electron chi connectivity index (χ0n) is 24.3. The maximum absolute atomic E-state index is 6.85. The van der Waals surface area contributed by atoms with Crippen molar-refractivity contribution in [3.8, 4) is 0 Å². The molecule has 6 heteroatoms.